The van der Waals surface area contributed by atoms with Gasteiger partial charge in [0.25, 0.3) is 0 Å². The van der Waals surface area contributed by atoms with E-state index in [9.17, 15) is 26.4 Å². The summed E-state index contributed by atoms with van der Waals surface area (Å²) < 4.78 is 69.4. The zero-order valence-electron chi connectivity index (χ0n) is 31.1. The van der Waals surface area contributed by atoms with Gasteiger partial charge in [-0.1, -0.05) is 51.9 Å². The standard InChI is InChI=1S/C18H29NO5S.C17H27NO5S/c1-16(2,3)15-12-13(19-24-15)11-14(20)17(4,5)25(21,22)18(6)7-9-23-10-8-18;1-16(2,3)15-11-12(18-23-15)10-14(19)17(4,5)24(20,21)13-6-8-22-9-7-13/h12H,7-11H2,1-6H3;11,13H,6-10H2,1-5H3. The maximum Gasteiger partial charge on any atom is 0.168 e. The van der Waals surface area contributed by atoms with Gasteiger partial charge in [-0.2, -0.15) is 0 Å². The summed E-state index contributed by atoms with van der Waals surface area (Å²) in [7, 11) is -7.28. The fraction of sp³-hybridized carbons (Fsp3) is 0.771. The minimum absolute atomic E-state index is 0.0466. The van der Waals surface area contributed by atoms with Crippen LogP contribution < -0.4 is 0 Å². The average molecular weight is 729 g/mol. The van der Waals surface area contributed by atoms with Gasteiger partial charge in [0, 0.05) is 49.4 Å². The molecule has 0 atom stereocenters. The molecule has 0 aromatic carbocycles. The quantitative estimate of drug-likeness (QED) is 0.309. The predicted octanol–water partition coefficient (Wildman–Crippen LogP) is 5.30. The highest BCUT2D eigenvalue weighted by atomic mass is 32.2. The molecule has 4 rings (SSSR count). The molecule has 2 aliphatic heterocycles. The lowest BCUT2D eigenvalue weighted by atomic mass is 9.92. The zero-order valence-corrected chi connectivity index (χ0v) is 32.7. The van der Waals surface area contributed by atoms with Crippen molar-refractivity contribution in [2.75, 3.05) is 26.4 Å². The number of rotatable bonds is 10. The van der Waals surface area contributed by atoms with Gasteiger partial charge in [-0.05, 0) is 60.3 Å². The Morgan fingerprint density at radius 1 is 0.694 bits per heavy atom. The Morgan fingerprint density at radius 3 is 1.47 bits per heavy atom. The summed E-state index contributed by atoms with van der Waals surface area (Å²) in [6, 6.07) is 3.46. The smallest absolute Gasteiger partial charge is 0.168 e. The predicted molar refractivity (Wildman–Crippen MR) is 186 cm³/mol. The third-order valence-corrected chi connectivity index (χ3v) is 16.1. The van der Waals surface area contributed by atoms with Crippen LogP contribution in [0.3, 0.4) is 0 Å². The molecule has 4 heterocycles. The van der Waals surface area contributed by atoms with Gasteiger partial charge in [0.2, 0.25) is 0 Å². The molecule has 49 heavy (non-hydrogen) atoms. The Balaban J connectivity index is 0.000000266. The fourth-order valence-electron chi connectivity index (χ4n) is 5.65. The van der Waals surface area contributed by atoms with Crippen LogP contribution in [0.15, 0.2) is 21.2 Å². The molecule has 14 heteroatoms. The lowest BCUT2D eigenvalue weighted by molar-refractivity contribution is -0.121. The fourth-order valence-corrected chi connectivity index (χ4v) is 10.00. The number of carbonyl (C=O) groups is 2. The average Bonchev–Trinajstić information content (AvgIpc) is 3.68. The molecule has 2 aliphatic rings. The lowest BCUT2D eigenvalue weighted by Gasteiger charge is -2.39. The summed E-state index contributed by atoms with van der Waals surface area (Å²) in [6.07, 6.45) is 1.59. The number of sulfone groups is 2. The first kappa shape index (κ1) is 41.0. The normalized spacial score (nSPS) is 18.4. The molecular formula is C35H56N2O10S2. The second-order valence-corrected chi connectivity index (χ2v) is 22.3. The van der Waals surface area contributed by atoms with Crippen LogP contribution in [0.1, 0.15) is 125 Å². The molecule has 0 unspecified atom stereocenters. The molecule has 2 fully saturated rings. The summed E-state index contributed by atoms with van der Waals surface area (Å²) in [6.45, 7) is 21.2. The van der Waals surface area contributed by atoms with Crippen molar-refractivity contribution in [2.24, 2.45) is 0 Å². The van der Waals surface area contributed by atoms with Crippen molar-refractivity contribution < 1.29 is 44.9 Å². The molecule has 0 radical (unpaired) electrons. The van der Waals surface area contributed by atoms with Gasteiger partial charge < -0.3 is 18.5 Å². The van der Waals surface area contributed by atoms with E-state index < -0.39 is 39.2 Å². The van der Waals surface area contributed by atoms with Crippen molar-refractivity contribution in [3.8, 4) is 0 Å². The van der Waals surface area contributed by atoms with E-state index in [0.717, 1.165) is 0 Å². The Kier molecular flexibility index (Phi) is 12.3. The Morgan fingerprint density at radius 2 is 1.08 bits per heavy atom. The van der Waals surface area contributed by atoms with E-state index in [2.05, 4.69) is 10.3 Å². The van der Waals surface area contributed by atoms with Crippen molar-refractivity contribution in [3.63, 3.8) is 0 Å². The number of aromatic nitrogens is 2. The van der Waals surface area contributed by atoms with Crippen LogP contribution >= 0.6 is 0 Å². The first-order chi connectivity index (χ1) is 22.3. The third kappa shape index (κ3) is 8.91. The van der Waals surface area contributed by atoms with Crippen LogP contribution in [-0.4, -0.2) is 84.6 Å². The van der Waals surface area contributed by atoms with Crippen LogP contribution in [0, 0.1) is 0 Å². The molecule has 12 nitrogen and oxygen atoms in total. The van der Waals surface area contributed by atoms with E-state index >= 15 is 0 Å². The van der Waals surface area contributed by atoms with Gasteiger partial charge in [-0.25, -0.2) is 16.8 Å². The van der Waals surface area contributed by atoms with E-state index in [1.54, 1.807) is 19.1 Å². The van der Waals surface area contributed by atoms with Gasteiger partial charge in [0.1, 0.15) is 21.0 Å². The molecule has 0 N–H and O–H groups in total. The first-order valence-electron chi connectivity index (χ1n) is 16.9. The van der Waals surface area contributed by atoms with Crippen molar-refractivity contribution >= 4 is 31.2 Å². The number of nitrogens with zero attached hydrogens (tertiary/aromatic N) is 2. The molecule has 0 spiro atoms. The second-order valence-electron chi connectivity index (χ2n) is 16.5. The number of Topliss-reactive ketones (excluding diaryl/α,β-unsaturated/α-hetero) is 2. The molecule has 2 saturated heterocycles. The minimum atomic E-state index is -3.69. The molecule has 0 saturated carbocycles. The highest BCUT2D eigenvalue weighted by molar-refractivity contribution is 7.95. The number of ether oxygens (including phenoxy) is 2. The molecule has 278 valence electrons. The number of hydrogen-bond donors (Lipinski definition) is 0. The molecule has 0 amide bonds. The third-order valence-electron chi connectivity index (χ3n) is 9.81. The zero-order chi connectivity index (χ0) is 37.3. The lowest BCUT2D eigenvalue weighted by Crippen LogP contribution is -2.54. The molecule has 0 aliphatic carbocycles. The van der Waals surface area contributed by atoms with E-state index in [1.165, 1.54) is 27.7 Å². The Labute approximate surface area is 292 Å². The van der Waals surface area contributed by atoms with Crippen LogP contribution in [0.2, 0.25) is 0 Å². The van der Waals surface area contributed by atoms with E-state index in [0.29, 0.717) is 75.0 Å². The summed E-state index contributed by atoms with van der Waals surface area (Å²) in [4.78, 5) is 25.5. The van der Waals surface area contributed by atoms with Crippen molar-refractivity contribution in [1.29, 1.82) is 0 Å². The summed E-state index contributed by atoms with van der Waals surface area (Å²) in [5.41, 5.74) is 0.513. The number of ketones is 2. The monoisotopic (exact) mass is 728 g/mol. The summed E-state index contributed by atoms with van der Waals surface area (Å²) in [5.74, 6) is 0.625. The van der Waals surface area contributed by atoms with Crippen LogP contribution in [0.4, 0.5) is 0 Å². The van der Waals surface area contributed by atoms with E-state index in [4.69, 9.17) is 18.5 Å². The van der Waals surface area contributed by atoms with Crippen molar-refractivity contribution in [2.45, 2.75) is 145 Å². The van der Waals surface area contributed by atoms with Crippen LogP contribution in [-0.2, 0) is 62.4 Å². The van der Waals surface area contributed by atoms with Gasteiger partial charge in [-0.15, -0.1) is 0 Å². The van der Waals surface area contributed by atoms with E-state index in [1.807, 2.05) is 41.5 Å². The Hall–Kier alpha value is -2.42. The largest absolute Gasteiger partial charge is 0.381 e. The number of carbonyl (C=O) groups excluding carboxylic acids is 2. The second kappa shape index (κ2) is 14.7. The highest BCUT2D eigenvalue weighted by Crippen LogP contribution is 2.38. The highest BCUT2D eigenvalue weighted by Gasteiger charge is 2.53. The van der Waals surface area contributed by atoms with Crippen molar-refractivity contribution in [3.05, 3.63) is 35.0 Å². The molecular weight excluding hydrogens is 673 g/mol. The summed E-state index contributed by atoms with van der Waals surface area (Å²) >= 11 is 0. The van der Waals surface area contributed by atoms with Gasteiger partial charge in [-0.3, -0.25) is 9.59 Å². The SMILES string of the molecule is CC(C)(C)c1cc(CC(=O)C(C)(C)S(=O)(=O)C2(C)CCOCC2)no1.CC(C)(C)c1cc(CC(=O)C(C)(C)S(=O)(=O)C2CCOCC2)no1. The maximum absolute atomic E-state index is 13.2. The molecule has 2 aromatic heterocycles. The van der Waals surface area contributed by atoms with Crippen LogP contribution in [0.25, 0.3) is 0 Å². The maximum atomic E-state index is 13.2. The topological polar surface area (TPSA) is 173 Å². The first-order valence-corrected chi connectivity index (χ1v) is 19.9. The van der Waals surface area contributed by atoms with Crippen LogP contribution in [0.5, 0.6) is 0 Å². The van der Waals surface area contributed by atoms with Gasteiger partial charge in [0.05, 0.1) is 34.2 Å². The van der Waals surface area contributed by atoms with Crippen molar-refractivity contribution in [1.82, 2.24) is 10.3 Å². The van der Waals surface area contributed by atoms with E-state index in [-0.39, 0.29) is 35.2 Å². The molecule has 0 bridgehead atoms. The molecule has 2 aromatic rings. The minimum Gasteiger partial charge on any atom is -0.381 e. The Bertz CT molecular complexity index is 1670. The van der Waals surface area contributed by atoms with Gasteiger partial charge in [0.15, 0.2) is 31.2 Å². The van der Waals surface area contributed by atoms with Gasteiger partial charge >= 0.3 is 0 Å². The summed E-state index contributed by atoms with van der Waals surface area (Å²) in [5, 5.41) is 7.34. The number of hydrogen-bond acceptors (Lipinski definition) is 12.